The number of hydrogen-bond donors (Lipinski definition) is 2. The van der Waals surface area contributed by atoms with E-state index in [0.717, 1.165) is 28.5 Å². The Kier molecular flexibility index (Phi) is 5.83. The van der Waals surface area contributed by atoms with E-state index in [1.807, 2.05) is 26.0 Å². The fourth-order valence-corrected chi connectivity index (χ4v) is 2.86. The Morgan fingerprint density at radius 3 is 2.67 bits per heavy atom. The lowest BCUT2D eigenvalue weighted by molar-refractivity contribution is 0.464. The summed E-state index contributed by atoms with van der Waals surface area (Å²) in [6, 6.07) is 5.48. The van der Waals surface area contributed by atoms with Gasteiger partial charge in [-0.2, -0.15) is 0 Å². The van der Waals surface area contributed by atoms with Gasteiger partial charge in [0.15, 0.2) is 0 Å². The Morgan fingerprint density at radius 2 is 2.06 bits per heavy atom. The van der Waals surface area contributed by atoms with Gasteiger partial charge in [-0.05, 0) is 36.8 Å². The molecule has 0 bridgehead atoms. The molecule has 5 heteroatoms. The van der Waals surface area contributed by atoms with Crippen LogP contribution in [-0.2, 0) is 0 Å². The Balaban J connectivity index is 2.43. The molecule has 3 N–H and O–H groups in total. The number of nitrogens with one attached hydrogen (secondary N) is 1. The van der Waals surface area contributed by atoms with Crippen molar-refractivity contribution in [3.8, 4) is 0 Å². The monoisotopic (exact) mass is 304 g/mol. The molecule has 100 valence electrons. The largest absolute Gasteiger partial charge is 0.387 e. The molecule has 0 aliphatic rings. The normalized spacial score (nSPS) is 11.6. The van der Waals surface area contributed by atoms with Crippen LogP contribution in [0.25, 0.3) is 0 Å². The minimum absolute atomic E-state index is 0.224. The lowest BCUT2D eigenvalue weighted by atomic mass is 9.87. The van der Waals surface area contributed by atoms with Crippen molar-refractivity contribution in [3.63, 3.8) is 0 Å². The molecule has 0 amide bonds. The molecular weight excluding hydrogens is 287 g/mol. The van der Waals surface area contributed by atoms with Crippen LogP contribution in [0.1, 0.15) is 26.7 Å². The Labute approximate surface area is 123 Å². The lowest BCUT2D eigenvalue weighted by Gasteiger charge is -2.22. The summed E-state index contributed by atoms with van der Waals surface area (Å²) in [6.45, 7) is 3.98. The molecule has 2 nitrogen and oxygen atoms in total. The number of benzene rings is 1. The van der Waals surface area contributed by atoms with Gasteiger partial charge in [0.2, 0.25) is 0 Å². The van der Waals surface area contributed by atoms with E-state index < -0.39 is 0 Å². The predicted molar refractivity (Wildman–Crippen MR) is 82.1 cm³/mol. The highest BCUT2D eigenvalue weighted by Crippen LogP contribution is 2.31. The summed E-state index contributed by atoms with van der Waals surface area (Å²) in [6.07, 6.45) is 1.88. The third-order valence-electron chi connectivity index (χ3n) is 2.83. The van der Waals surface area contributed by atoms with Gasteiger partial charge in [0.05, 0.1) is 10.9 Å². The van der Waals surface area contributed by atoms with Crippen molar-refractivity contribution >= 4 is 40.8 Å². The maximum absolute atomic E-state index is 7.49. The first-order valence-electron chi connectivity index (χ1n) is 5.75. The molecule has 0 fully saturated rings. The quantitative estimate of drug-likeness (QED) is 0.342. The van der Waals surface area contributed by atoms with Crippen LogP contribution in [0.3, 0.4) is 0 Å². The van der Waals surface area contributed by atoms with Gasteiger partial charge in [0.1, 0.15) is 0 Å². The van der Waals surface area contributed by atoms with Crippen molar-refractivity contribution in [3.05, 3.63) is 28.2 Å². The predicted octanol–water partition coefficient (Wildman–Crippen LogP) is 4.83. The highest BCUT2D eigenvalue weighted by Gasteiger charge is 2.20. The molecule has 0 aromatic heterocycles. The summed E-state index contributed by atoms with van der Waals surface area (Å²) in [5.41, 5.74) is 5.32. The van der Waals surface area contributed by atoms with Crippen molar-refractivity contribution in [2.24, 2.45) is 11.1 Å². The molecule has 1 aromatic carbocycles. The molecule has 0 radical (unpaired) electrons. The molecule has 0 heterocycles. The fraction of sp³-hybridized carbons (Fsp3) is 0.462. The van der Waals surface area contributed by atoms with Crippen LogP contribution in [-0.4, -0.2) is 11.6 Å². The molecule has 1 rings (SSSR count). The van der Waals surface area contributed by atoms with Gasteiger partial charge in [-0.15, -0.1) is 11.8 Å². The van der Waals surface area contributed by atoms with E-state index in [1.54, 1.807) is 17.8 Å². The maximum atomic E-state index is 7.49. The molecule has 0 aliphatic carbocycles. The number of thioether (sulfide) groups is 1. The summed E-state index contributed by atoms with van der Waals surface area (Å²) in [4.78, 5) is 1.00. The minimum atomic E-state index is -0.224. The number of rotatable bonds is 6. The SMILES string of the molecule is CC(C)(CCCSc1cc(Cl)ccc1Cl)C(=N)N. The van der Waals surface area contributed by atoms with Crippen molar-refractivity contribution in [2.75, 3.05) is 5.75 Å². The summed E-state index contributed by atoms with van der Waals surface area (Å²) < 4.78 is 0. The van der Waals surface area contributed by atoms with E-state index in [2.05, 4.69) is 0 Å². The van der Waals surface area contributed by atoms with Gasteiger partial charge in [-0.3, -0.25) is 5.41 Å². The third kappa shape index (κ3) is 4.71. The third-order valence-corrected chi connectivity index (χ3v) is 4.64. The second-order valence-corrected chi connectivity index (χ2v) is 6.80. The van der Waals surface area contributed by atoms with Gasteiger partial charge >= 0.3 is 0 Å². The first kappa shape index (κ1) is 15.7. The van der Waals surface area contributed by atoms with E-state index in [9.17, 15) is 0 Å². The lowest BCUT2D eigenvalue weighted by Crippen LogP contribution is -2.30. The number of amidine groups is 1. The van der Waals surface area contributed by atoms with Gasteiger partial charge in [-0.25, -0.2) is 0 Å². The van der Waals surface area contributed by atoms with E-state index in [1.165, 1.54) is 0 Å². The molecular formula is C13H18Cl2N2S. The minimum Gasteiger partial charge on any atom is -0.387 e. The molecule has 0 aliphatic heterocycles. The molecule has 1 aromatic rings. The summed E-state index contributed by atoms with van der Waals surface area (Å²) in [5.74, 6) is 1.19. The zero-order valence-corrected chi connectivity index (χ0v) is 12.9. The highest BCUT2D eigenvalue weighted by atomic mass is 35.5. The van der Waals surface area contributed by atoms with Crippen LogP contribution in [0.15, 0.2) is 23.1 Å². The van der Waals surface area contributed by atoms with Crippen LogP contribution in [0.2, 0.25) is 10.0 Å². The van der Waals surface area contributed by atoms with E-state index >= 15 is 0 Å². The standard InChI is InChI=1S/C13H18Cl2N2S/c1-13(2,12(16)17)6-3-7-18-11-8-9(14)4-5-10(11)15/h4-5,8H,3,6-7H2,1-2H3,(H3,16,17). The number of halogens is 2. The Morgan fingerprint density at radius 1 is 1.39 bits per heavy atom. The average molecular weight is 305 g/mol. The smallest absolute Gasteiger partial charge is 0.0963 e. The van der Waals surface area contributed by atoms with Gasteiger partial charge in [-0.1, -0.05) is 37.0 Å². The van der Waals surface area contributed by atoms with Crippen molar-refractivity contribution in [1.29, 1.82) is 5.41 Å². The molecule has 0 saturated carbocycles. The van der Waals surface area contributed by atoms with Crippen LogP contribution in [0, 0.1) is 10.8 Å². The Bertz CT molecular complexity index is 433. The molecule has 0 atom stereocenters. The fourth-order valence-electron chi connectivity index (χ4n) is 1.42. The van der Waals surface area contributed by atoms with Crippen molar-refractivity contribution in [2.45, 2.75) is 31.6 Å². The molecule has 0 saturated heterocycles. The van der Waals surface area contributed by atoms with Crippen LogP contribution >= 0.6 is 35.0 Å². The maximum Gasteiger partial charge on any atom is 0.0963 e. The summed E-state index contributed by atoms with van der Waals surface area (Å²) >= 11 is 13.7. The van der Waals surface area contributed by atoms with Crippen LogP contribution < -0.4 is 5.73 Å². The zero-order chi connectivity index (χ0) is 13.8. The van der Waals surface area contributed by atoms with Crippen LogP contribution in [0.4, 0.5) is 0 Å². The van der Waals surface area contributed by atoms with Crippen LogP contribution in [0.5, 0.6) is 0 Å². The zero-order valence-electron chi connectivity index (χ0n) is 10.6. The van der Waals surface area contributed by atoms with Crippen molar-refractivity contribution in [1.82, 2.24) is 0 Å². The number of hydrogen-bond acceptors (Lipinski definition) is 2. The molecule has 0 spiro atoms. The first-order valence-corrected chi connectivity index (χ1v) is 7.49. The van der Waals surface area contributed by atoms with Gasteiger partial charge in [0, 0.05) is 15.3 Å². The Hall–Kier alpha value is -0.380. The summed E-state index contributed by atoms with van der Waals surface area (Å²) in [5, 5.41) is 8.92. The van der Waals surface area contributed by atoms with E-state index in [0.29, 0.717) is 5.02 Å². The van der Waals surface area contributed by atoms with Crippen molar-refractivity contribution < 1.29 is 0 Å². The van der Waals surface area contributed by atoms with Gasteiger partial charge in [0.25, 0.3) is 0 Å². The molecule has 0 unspecified atom stereocenters. The first-order chi connectivity index (χ1) is 8.33. The second-order valence-electron chi connectivity index (χ2n) is 4.82. The summed E-state index contributed by atoms with van der Waals surface area (Å²) in [7, 11) is 0. The van der Waals surface area contributed by atoms with Gasteiger partial charge < -0.3 is 5.73 Å². The van der Waals surface area contributed by atoms with E-state index in [-0.39, 0.29) is 11.3 Å². The highest BCUT2D eigenvalue weighted by molar-refractivity contribution is 7.99. The topological polar surface area (TPSA) is 49.9 Å². The second kappa shape index (κ2) is 6.69. The number of nitrogens with two attached hydrogens (primary N) is 1. The molecule has 18 heavy (non-hydrogen) atoms. The average Bonchev–Trinajstić information content (AvgIpc) is 2.28. The van der Waals surface area contributed by atoms with E-state index in [4.69, 9.17) is 34.3 Å².